The lowest BCUT2D eigenvalue weighted by Gasteiger charge is -2.09. The maximum Gasteiger partial charge on any atom is 0.337 e. The van der Waals surface area contributed by atoms with Crippen LogP contribution in [0.1, 0.15) is 20.7 Å². The average molecular weight is 274 g/mol. The molecule has 0 saturated carbocycles. The lowest BCUT2D eigenvalue weighted by atomic mass is 9.95. The maximum absolute atomic E-state index is 11.3. The molecule has 0 aliphatic heterocycles. The van der Waals surface area contributed by atoms with Crippen LogP contribution in [0.15, 0.2) is 47.4 Å². The van der Waals surface area contributed by atoms with Crippen LogP contribution in [0.5, 0.6) is 0 Å². The number of thiol groups is 1. The second kappa shape index (κ2) is 5.16. The van der Waals surface area contributed by atoms with E-state index in [0.29, 0.717) is 16.0 Å². The zero-order valence-corrected chi connectivity index (χ0v) is 10.6. The van der Waals surface area contributed by atoms with Crippen LogP contribution in [0.3, 0.4) is 0 Å². The van der Waals surface area contributed by atoms with Crippen molar-refractivity contribution in [2.45, 2.75) is 4.90 Å². The van der Waals surface area contributed by atoms with E-state index in [1.54, 1.807) is 30.3 Å². The third-order valence-electron chi connectivity index (χ3n) is 2.67. The molecule has 0 aliphatic rings. The van der Waals surface area contributed by atoms with E-state index in [4.69, 9.17) is 5.11 Å². The molecular formula is C14H10O4S. The molecule has 0 aliphatic carbocycles. The van der Waals surface area contributed by atoms with Crippen molar-refractivity contribution in [3.05, 3.63) is 53.6 Å². The Morgan fingerprint density at radius 1 is 0.947 bits per heavy atom. The van der Waals surface area contributed by atoms with Crippen molar-refractivity contribution in [1.29, 1.82) is 0 Å². The first-order valence-electron chi connectivity index (χ1n) is 5.39. The Hall–Kier alpha value is -2.27. The number of hydrogen-bond donors (Lipinski definition) is 3. The summed E-state index contributed by atoms with van der Waals surface area (Å²) in [7, 11) is 0. The minimum absolute atomic E-state index is 0.214. The molecule has 2 rings (SSSR count). The summed E-state index contributed by atoms with van der Waals surface area (Å²) in [5.41, 5.74) is 0.541. The molecule has 0 amide bonds. The van der Waals surface area contributed by atoms with Crippen LogP contribution < -0.4 is 0 Å². The van der Waals surface area contributed by atoms with Gasteiger partial charge < -0.3 is 10.2 Å². The molecule has 19 heavy (non-hydrogen) atoms. The van der Waals surface area contributed by atoms with E-state index in [-0.39, 0.29) is 11.1 Å². The first-order chi connectivity index (χ1) is 9.00. The van der Waals surface area contributed by atoms with Crippen LogP contribution >= 0.6 is 12.6 Å². The Bertz CT molecular complexity index is 664. The number of hydrogen-bond acceptors (Lipinski definition) is 3. The number of rotatable bonds is 3. The van der Waals surface area contributed by atoms with Gasteiger partial charge in [-0.1, -0.05) is 24.3 Å². The second-order valence-corrected chi connectivity index (χ2v) is 4.41. The summed E-state index contributed by atoms with van der Waals surface area (Å²) in [4.78, 5) is 23.1. The lowest BCUT2D eigenvalue weighted by molar-refractivity contribution is 0.0652. The highest BCUT2D eigenvalue weighted by Crippen LogP contribution is 2.28. The Kier molecular flexibility index (Phi) is 3.57. The first kappa shape index (κ1) is 13.2. The van der Waals surface area contributed by atoms with Crippen LogP contribution in [0.2, 0.25) is 0 Å². The van der Waals surface area contributed by atoms with Crippen molar-refractivity contribution in [3.8, 4) is 11.1 Å². The van der Waals surface area contributed by atoms with Crippen LogP contribution in [-0.4, -0.2) is 22.2 Å². The van der Waals surface area contributed by atoms with Crippen molar-refractivity contribution in [1.82, 2.24) is 0 Å². The summed E-state index contributed by atoms with van der Waals surface area (Å²) in [6.45, 7) is 0. The highest BCUT2D eigenvalue weighted by Gasteiger charge is 2.20. The summed E-state index contributed by atoms with van der Waals surface area (Å²) < 4.78 is 0. The standard InChI is InChI=1S/C14H10O4S/c15-13(16)11-6-2-5-10(12(11)14(17)18)8-3-1-4-9(19)7-8/h1-7,19H,(H,15,16)(H,17,18). The van der Waals surface area contributed by atoms with Gasteiger partial charge in [-0.3, -0.25) is 0 Å². The van der Waals surface area contributed by atoms with Crippen LogP contribution in [0.25, 0.3) is 11.1 Å². The van der Waals surface area contributed by atoms with Crippen LogP contribution in [0, 0.1) is 0 Å². The molecule has 0 radical (unpaired) electrons. The van der Waals surface area contributed by atoms with Crippen molar-refractivity contribution >= 4 is 24.6 Å². The van der Waals surface area contributed by atoms with Gasteiger partial charge in [0.05, 0.1) is 11.1 Å². The molecule has 2 N–H and O–H groups in total. The topological polar surface area (TPSA) is 74.6 Å². The molecule has 0 fully saturated rings. The van der Waals surface area contributed by atoms with Crippen molar-refractivity contribution in [2.75, 3.05) is 0 Å². The normalized spacial score (nSPS) is 10.2. The molecule has 2 aromatic rings. The van der Waals surface area contributed by atoms with Crippen molar-refractivity contribution < 1.29 is 19.8 Å². The van der Waals surface area contributed by atoms with Gasteiger partial charge in [0.2, 0.25) is 0 Å². The first-order valence-corrected chi connectivity index (χ1v) is 5.84. The van der Waals surface area contributed by atoms with Gasteiger partial charge in [0.25, 0.3) is 0 Å². The Morgan fingerprint density at radius 3 is 2.21 bits per heavy atom. The van der Waals surface area contributed by atoms with E-state index >= 15 is 0 Å². The number of carboxylic acids is 2. The fourth-order valence-electron chi connectivity index (χ4n) is 1.87. The van der Waals surface area contributed by atoms with Crippen LogP contribution in [-0.2, 0) is 0 Å². The summed E-state index contributed by atoms with van der Waals surface area (Å²) >= 11 is 4.19. The van der Waals surface area contributed by atoms with Gasteiger partial charge in [0.1, 0.15) is 0 Å². The minimum Gasteiger partial charge on any atom is -0.478 e. The molecule has 0 atom stereocenters. The molecule has 0 saturated heterocycles. The Labute approximate surface area is 114 Å². The van der Waals surface area contributed by atoms with E-state index in [0.717, 1.165) is 0 Å². The van der Waals surface area contributed by atoms with Gasteiger partial charge in [-0.05, 0) is 29.3 Å². The highest BCUT2D eigenvalue weighted by molar-refractivity contribution is 7.80. The lowest BCUT2D eigenvalue weighted by Crippen LogP contribution is -2.09. The zero-order chi connectivity index (χ0) is 14.0. The molecule has 2 aromatic carbocycles. The highest BCUT2D eigenvalue weighted by atomic mass is 32.1. The van der Waals surface area contributed by atoms with E-state index in [1.165, 1.54) is 12.1 Å². The Morgan fingerprint density at radius 2 is 1.63 bits per heavy atom. The van der Waals surface area contributed by atoms with E-state index in [2.05, 4.69) is 12.6 Å². The summed E-state index contributed by atoms with van der Waals surface area (Å²) in [6, 6.07) is 11.3. The van der Waals surface area contributed by atoms with Gasteiger partial charge in [-0.25, -0.2) is 9.59 Å². The molecule has 0 heterocycles. The molecule has 96 valence electrons. The van der Waals surface area contributed by atoms with E-state index < -0.39 is 11.9 Å². The van der Waals surface area contributed by atoms with Crippen molar-refractivity contribution in [2.24, 2.45) is 0 Å². The molecular weight excluding hydrogens is 264 g/mol. The zero-order valence-electron chi connectivity index (χ0n) is 9.70. The predicted octanol–water partition coefficient (Wildman–Crippen LogP) is 3.04. The number of aromatic carboxylic acids is 2. The largest absolute Gasteiger partial charge is 0.478 e. The fourth-order valence-corrected chi connectivity index (χ4v) is 2.10. The molecule has 0 spiro atoms. The Balaban J connectivity index is 2.73. The van der Waals surface area contributed by atoms with E-state index in [9.17, 15) is 14.7 Å². The molecule has 0 aromatic heterocycles. The average Bonchev–Trinajstić information content (AvgIpc) is 2.37. The van der Waals surface area contributed by atoms with E-state index in [1.807, 2.05) is 0 Å². The third kappa shape index (κ3) is 2.61. The van der Waals surface area contributed by atoms with Gasteiger partial charge in [-0.15, -0.1) is 12.6 Å². The minimum atomic E-state index is -1.27. The maximum atomic E-state index is 11.3. The number of benzene rings is 2. The van der Waals surface area contributed by atoms with Gasteiger partial charge >= 0.3 is 11.9 Å². The fraction of sp³-hybridized carbons (Fsp3) is 0. The van der Waals surface area contributed by atoms with Gasteiger partial charge in [0.15, 0.2) is 0 Å². The molecule has 5 heteroatoms. The second-order valence-electron chi connectivity index (χ2n) is 3.89. The third-order valence-corrected chi connectivity index (χ3v) is 2.94. The summed E-state index contributed by atoms with van der Waals surface area (Å²) in [6.07, 6.45) is 0. The quantitative estimate of drug-likeness (QED) is 0.752. The summed E-state index contributed by atoms with van der Waals surface area (Å²) in [5, 5.41) is 18.3. The van der Waals surface area contributed by atoms with Crippen LogP contribution in [0.4, 0.5) is 0 Å². The SMILES string of the molecule is O=C(O)c1cccc(-c2cccc(S)c2)c1C(=O)O. The predicted molar refractivity (Wildman–Crippen MR) is 73.0 cm³/mol. The van der Waals surface area contributed by atoms with Gasteiger partial charge in [-0.2, -0.15) is 0 Å². The number of carbonyl (C=O) groups is 2. The smallest absolute Gasteiger partial charge is 0.337 e. The molecule has 0 bridgehead atoms. The summed E-state index contributed by atoms with van der Waals surface area (Å²) in [5.74, 6) is -2.53. The van der Waals surface area contributed by atoms with Gasteiger partial charge in [0, 0.05) is 4.90 Å². The number of carboxylic acid groups (broad SMARTS) is 2. The molecule has 0 unspecified atom stereocenters. The monoisotopic (exact) mass is 274 g/mol. The van der Waals surface area contributed by atoms with Crippen molar-refractivity contribution in [3.63, 3.8) is 0 Å². The molecule has 4 nitrogen and oxygen atoms in total.